The van der Waals surface area contributed by atoms with Crippen molar-refractivity contribution in [1.82, 2.24) is 4.90 Å². The fourth-order valence-corrected chi connectivity index (χ4v) is 2.79. The van der Waals surface area contributed by atoms with E-state index < -0.39 is 0 Å². The predicted molar refractivity (Wildman–Crippen MR) is 90.5 cm³/mol. The van der Waals surface area contributed by atoms with Crippen molar-refractivity contribution < 1.29 is 9.53 Å². The van der Waals surface area contributed by atoms with Gasteiger partial charge in [0.25, 0.3) is 5.91 Å². The first-order valence-corrected chi connectivity index (χ1v) is 7.38. The van der Waals surface area contributed by atoms with Crippen LogP contribution < -0.4 is 10.5 Å². The summed E-state index contributed by atoms with van der Waals surface area (Å²) in [5.74, 6) is 0.765. The van der Waals surface area contributed by atoms with E-state index in [4.69, 9.17) is 10.5 Å². The van der Waals surface area contributed by atoms with Gasteiger partial charge in [0.2, 0.25) is 0 Å². The van der Waals surface area contributed by atoms with Gasteiger partial charge in [-0.15, -0.1) is 12.4 Å². The van der Waals surface area contributed by atoms with Gasteiger partial charge in [-0.2, -0.15) is 0 Å². The third kappa shape index (κ3) is 3.70. The van der Waals surface area contributed by atoms with Gasteiger partial charge in [-0.05, 0) is 24.3 Å². The van der Waals surface area contributed by atoms with Gasteiger partial charge in [-0.1, -0.05) is 36.4 Å². The molecule has 1 amide bonds. The summed E-state index contributed by atoms with van der Waals surface area (Å²) >= 11 is 0. The van der Waals surface area contributed by atoms with E-state index in [0.29, 0.717) is 6.54 Å². The number of carbonyl (C=O) groups excluding carboxylic acids is 1. The van der Waals surface area contributed by atoms with E-state index in [0.717, 1.165) is 35.9 Å². The molecule has 2 aromatic carbocycles. The van der Waals surface area contributed by atoms with Crippen LogP contribution in [0, 0.1) is 0 Å². The minimum atomic E-state index is 0. The van der Waals surface area contributed by atoms with E-state index in [9.17, 15) is 4.79 Å². The van der Waals surface area contributed by atoms with Gasteiger partial charge >= 0.3 is 0 Å². The molecule has 1 unspecified atom stereocenters. The van der Waals surface area contributed by atoms with Crippen LogP contribution in [0.25, 0.3) is 10.8 Å². The minimum Gasteiger partial charge on any atom is -0.483 e. The topological polar surface area (TPSA) is 55.6 Å². The summed E-state index contributed by atoms with van der Waals surface area (Å²) in [4.78, 5) is 14.0. The molecular formula is C17H21ClN2O2. The number of carbonyl (C=O) groups is 1. The lowest BCUT2D eigenvalue weighted by Crippen LogP contribution is -2.47. The number of rotatable bonds is 3. The third-order valence-electron chi connectivity index (χ3n) is 3.91. The molecule has 1 aliphatic heterocycles. The lowest BCUT2D eigenvalue weighted by atomic mass is 10.1. The molecule has 2 N–H and O–H groups in total. The van der Waals surface area contributed by atoms with Gasteiger partial charge in [0.05, 0.1) is 0 Å². The van der Waals surface area contributed by atoms with Crippen molar-refractivity contribution in [2.75, 3.05) is 19.7 Å². The van der Waals surface area contributed by atoms with Crippen LogP contribution in [0.2, 0.25) is 0 Å². The quantitative estimate of drug-likeness (QED) is 0.945. The summed E-state index contributed by atoms with van der Waals surface area (Å²) in [6, 6.07) is 14.0. The average molecular weight is 321 g/mol. The molecule has 3 rings (SSSR count). The highest BCUT2D eigenvalue weighted by Gasteiger charge is 2.21. The second-order valence-corrected chi connectivity index (χ2v) is 5.51. The van der Waals surface area contributed by atoms with Crippen LogP contribution in [0.3, 0.4) is 0 Å². The smallest absolute Gasteiger partial charge is 0.260 e. The van der Waals surface area contributed by atoms with Crippen molar-refractivity contribution in [3.63, 3.8) is 0 Å². The largest absolute Gasteiger partial charge is 0.483 e. The molecule has 1 atom stereocenters. The normalized spacial score (nSPS) is 17.9. The Labute approximate surface area is 136 Å². The van der Waals surface area contributed by atoms with Crippen LogP contribution in [-0.4, -0.2) is 36.5 Å². The third-order valence-corrected chi connectivity index (χ3v) is 3.91. The van der Waals surface area contributed by atoms with E-state index in [2.05, 4.69) is 0 Å². The number of hydrogen-bond donors (Lipinski definition) is 1. The fraction of sp³-hybridized carbons (Fsp3) is 0.353. The Morgan fingerprint density at radius 3 is 2.82 bits per heavy atom. The Morgan fingerprint density at radius 1 is 1.23 bits per heavy atom. The number of amides is 1. The number of nitrogens with zero attached hydrogens (tertiary/aromatic N) is 1. The Bertz CT molecular complexity index is 642. The van der Waals surface area contributed by atoms with Crippen molar-refractivity contribution >= 4 is 29.1 Å². The van der Waals surface area contributed by atoms with Gasteiger partial charge in [-0.25, -0.2) is 0 Å². The summed E-state index contributed by atoms with van der Waals surface area (Å²) in [7, 11) is 0. The molecule has 22 heavy (non-hydrogen) atoms. The summed E-state index contributed by atoms with van der Waals surface area (Å²) < 4.78 is 5.74. The van der Waals surface area contributed by atoms with Gasteiger partial charge in [0.1, 0.15) is 5.75 Å². The van der Waals surface area contributed by atoms with Crippen molar-refractivity contribution in [2.24, 2.45) is 5.73 Å². The Hall–Kier alpha value is -1.78. The first kappa shape index (κ1) is 16.6. The number of ether oxygens (including phenoxy) is 1. The van der Waals surface area contributed by atoms with Crippen LogP contribution in [0.15, 0.2) is 42.5 Å². The zero-order chi connectivity index (χ0) is 14.7. The lowest BCUT2D eigenvalue weighted by molar-refractivity contribution is -0.134. The molecule has 0 saturated carbocycles. The van der Waals surface area contributed by atoms with E-state index >= 15 is 0 Å². The minimum absolute atomic E-state index is 0. The molecular weight excluding hydrogens is 300 g/mol. The fourth-order valence-electron chi connectivity index (χ4n) is 2.79. The number of fused-ring (bicyclic) bond motifs is 1. The van der Waals surface area contributed by atoms with Crippen molar-refractivity contribution in [3.05, 3.63) is 42.5 Å². The number of hydrogen-bond acceptors (Lipinski definition) is 3. The molecule has 0 radical (unpaired) electrons. The number of nitrogens with two attached hydrogens (primary N) is 1. The highest BCUT2D eigenvalue weighted by Crippen LogP contribution is 2.25. The van der Waals surface area contributed by atoms with Crippen LogP contribution in [-0.2, 0) is 4.79 Å². The van der Waals surface area contributed by atoms with Crippen LogP contribution in [0.5, 0.6) is 5.75 Å². The molecule has 0 bridgehead atoms. The highest BCUT2D eigenvalue weighted by molar-refractivity contribution is 5.88. The Balaban J connectivity index is 0.00000176. The van der Waals surface area contributed by atoms with Gasteiger partial charge in [0.15, 0.2) is 6.61 Å². The summed E-state index contributed by atoms with van der Waals surface area (Å²) in [6.45, 7) is 1.49. The number of halogens is 1. The molecule has 4 nitrogen and oxygen atoms in total. The van der Waals surface area contributed by atoms with E-state index in [1.165, 1.54) is 0 Å². The summed E-state index contributed by atoms with van der Waals surface area (Å²) in [5.41, 5.74) is 5.91. The standard InChI is InChI=1S/C17H20N2O2.ClH/c18-14-7-4-10-19(11-14)17(20)12-21-16-9-3-6-13-5-1-2-8-15(13)16;/h1-3,5-6,8-9,14H,4,7,10-12,18H2;1H. The van der Waals surface area contributed by atoms with Gasteiger partial charge < -0.3 is 15.4 Å². The molecule has 1 saturated heterocycles. The lowest BCUT2D eigenvalue weighted by Gasteiger charge is -2.30. The summed E-state index contributed by atoms with van der Waals surface area (Å²) in [6.07, 6.45) is 1.97. The summed E-state index contributed by atoms with van der Waals surface area (Å²) in [5, 5.41) is 2.14. The number of likely N-dealkylation sites (tertiary alicyclic amines) is 1. The van der Waals surface area contributed by atoms with Gasteiger partial charge in [-0.3, -0.25) is 4.79 Å². The first-order chi connectivity index (χ1) is 10.2. The molecule has 118 valence electrons. The number of benzene rings is 2. The van der Waals surface area contributed by atoms with E-state index in [-0.39, 0.29) is 31.0 Å². The predicted octanol–water partition coefficient (Wildman–Crippen LogP) is 2.59. The SMILES string of the molecule is Cl.NC1CCCN(C(=O)COc2cccc3ccccc23)C1. The molecule has 0 spiro atoms. The van der Waals surface area contributed by atoms with Crippen LogP contribution in [0.1, 0.15) is 12.8 Å². The second-order valence-electron chi connectivity index (χ2n) is 5.51. The van der Waals surface area contributed by atoms with E-state index in [1.807, 2.05) is 42.5 Å². The highest BCUT2D eigenvalue weighted by atomic mass is 35.5. The second kappa shape index (κ2) is 7.47. The first-order valence-electron chi connectivity index (χ1n) is 7.38. The molecule has 1 fully saturated rings. The molecule has 2 aromatic rings. The Kier molecular flexibility index (Phi) is 5.63. The zero-order valence-electron chi connectivity index (χ0n) is 12.4. The average Bonchev–Trinajstić information content (AvgIpc) is 2.52. The molecule has 1 heterocycles. The maximum Gasteiger partial charge on any atom is 0.260 e. The zero-order valence-corrected chi connectivity index (χ0v) is 13.2. The van der Waals surface area contributed by atoms with Crippen LogP contribution >= 0.6 is 12.4 Å². The van der Waals surface area contributed by atoms with Crippen molar-refractivity contribution in [1.29, 1.82) is 0 Å². The van der Waals surface area contributed by atoms with Crippen LogP contribution in [0.4, 0.5) is 0 Å². The van der Waals surface area contributed by atoms with Crippen molar-refractivity contribution in [3.8, 4) is 5.75 Å². The maximum atomic E-state index is 12.2. The Morgan fingerprint density at radius 2 is 2.00 bits per heavy atom. The molecule has 1 aliphatic rings. The molecule has 0 aromatic heterocycles. The molecule has 5 heteroatoms. The van der Waals surface area contributed by atoms with E-state index in [1.54, 1.807) is 4.90 Å². The molecule has 0 aliphatic carbocycles. The monoisotopic (exact) mass is 320 g/mol. The van der Waals surface area contributed by atoms with Gasteiger partial charge in [0, 0.05) is 24.5 Å². The maximum absolute atomic E-state index is 12.2. The number of piperidine rings is 1. The van der Waals surface area contributed by atoms with Crippen molar-refractivity contribution in [2.45, 2.75) is 18.9 Å².